The molecule has 3 rings (SSSR count). The molecule has 1 saturated heterocycles. The second-order valence-corrected chi connectivity index (χ2v) is 7.49. The number of alkyl halides is 3. The van der Waals surface area contributed by atoms with Gasteiger partial charge >= 0.3 is 6.18 Å². The van der Waals surface area contributed by atoms with E-state index >= 15 is 0 Å². The van der Waals surface area contributed by atoms with E-state index in [1.807, 2.05) is 0 Å². The van der Waals surface area contributed by atoms with Gasteiger partial charge in [0.2, 0.25) is 5.91 Å². The quantitative estimate of drug-likeness (QED) is 0.685. The van der Waals surface area contributed by atoms with Gasteiger partial charge in [0.05, 0.1) is 16.4 Å². The minimum absolute atomic E-state index is 0.0317. The number of benzene rings is 2. The van der Waals surface area contributed by atoms with Crippen LogP contribution in [0.5, 0.6) is 5.75 Å². The van der Waals surface area contributed by atoms with Crippen LogP contribution >= 0.6 is 11.8 Å². The molecule has 2 aromatic rings. The Bertz CT molecular complexity index is 961. The van der Waals surface area contributed by atoms with E-state index in [2.05, 4.69) is 10.6 Å². The van der Waals surface area contributed by atoms with Crippen molar-refractivity contribution in [2.75, 3.05) is 0 Å². The molecule has 1 fully saturated rings. The number of halogens is 3. The van der Waals surface area contributed by atoms with E-state index in [9.17, 15) is 32.7 Å². The van der Waals surface area contributed by atoms with Crippen molar-refractivity contribution in [2.24, 2.45) is 0 Å². The van der Waals surface area contributed by atoms with Crippen LogP contribution in [0.15, 0.2) is 42.5 Å². The molecule has 2 aromatic carbocycles. The Morgan fingerprint density at radius 3 is 2.34 bits per heavy atom. The third-order valence-corrected chi connectivity index (χ3v) is 5.21. The maximum absolute atomic E-state index is 12.6. The van der Waals surface area contributed by atoms with E-state index in [1.165, 1.54) is 24.3 Å². The highest BCUT2D eigenvalue weighted by Crippen LogP contribution is 2.29. The SMILES string of the molecule is O=C1NC(=O)C(Cc2ccc(O)c(C(=O)NCc3ccc(C(F)(F)F)cc3)c2)S1. The molecule has 0 bridgehead atoms. The zero-order chi connectivity index (χ0) is 21.2. The van der Waals surface area contributed by atoms with Crippen molar-refractivity contribution in [3.63, 3.8) is 0 Å². The van der Waals surface area contributed by atoms with Crippen LogP contribution in [-0.4, -0.2) is 27.4 Å². The molecular weight excluding hydrogens is 409 g/mol. The molecule has 1 aliphatic rings. The number of hydrogen-bond donors (Lipinski definition) is 3. The molecule has 10 heteroatoms. The van der Waals surface area contributed by atoms with E-state index in [4.69, 9.17) is 0 Å². The summed E-state index contributed by atoms with van der Waals surface area (Å²) in [5.41, 5.74) is 0.207. The van der Waals surface area contributed by atoms with Crippen molar-refractivity contribution in [3.8, 4) is 5.75 Å². The first-order valence-corrected chi connectivity index (χ1v) is 9.29. The third-order valence-electron chi connectivity index (χ3n) is 4.23. The molecule has 6 nitrogen and oxygen atoms in total. The predicted octanol–water partition coefficient (Wildman–Crippen LogP) is 3.24. The highest BCUT2D eigenvalue weighted by Gasteiger charge is 2.32. The van der Waals surface area contributed by atoms with E-state index in [0.717, 1.165) is 23.9 Å². The summed E-state index contributed by atoms with van der Waals surface area (Å²) in [4.78, 5) is 35.3. The Kier molecular flexibility index (Phi) is 5.83. The van der Waals surface area contributed by atoms with Crippen LogP contribution < -0.4 is 10.6 Å². The highest BCUT2D eigenvalue weighted by molar-refractivity contribution is 8.15. The Morgan fingerprint density at radius 1 is 1.10 bits per heavy atom. The minimum atomic E-state index is -4.44. The standard InChI is InChI=1S/C19H15F3N2O4S/c20-19(21,22)12-4-1-10(2-5-12)9-23-16(26)13-7-11(3-6-14(13)25)8-15-17(27)24-18(28)29-15/h1-7,15,25H,8-9H2,(H,23,26)(H,24,27,28). The van der Waals surface area contributed by atoms with Crippen molar-refractivity contribution in [1.29, 1.82) is 0 Å². The first-order chi connectivity index (χ1) is 13.6. The van der Waals surface area contributed by atoms with Gasteiger partial charge in [-0.25, -0.2) is 0 Å². The summed E-state index contributed by atoms with van der Waals surface area (Å²) in [6.07, 6.45) is -4.24. The molecule has 3 N–H and O–H groups in total. The number of carbonyl (C=O) groups excluding carboxylic acids is 3. The molecule has 1 aliphatic heterocycles. The molecular formula is C19H15F3N2O4S. The molecule has 1 atom stereocenters. The average Bonchev–Trinajstić information content (AvgIpc) is 2.97. The molecule has 0 spiro atoms. The monoisotopic (exact) mass is 424 g/mol. The van der Waals surface area contributed by atoms with Gasteiger partial charge in [0.15, 0.2) is 0 Å². The van der Waals surface area contributed by atoms with Gasteiger partial charge in [-0.05, 0) is 41.8 Å². The van der Waals surface area contributed by atoms with Gasteiger partial charge in [0, 0.05) is 6.54 Å². The first-order valence-electron chi connectivity index (χ1n) is 8.41. The number of amides is 3. The van der Waals surface area contributed by atoms with Gasteiger partial charge in [0.1, 0.15) is 5.75 Å². The fourth-order valence-corrected chi connectivity index (χ4v) is 3.58. The molecule has 152 valence electrons. The maximum Gasteiger partial charge on any atom is 0.416 e. The van der Waals surface area contributed by atoms with Gasteiger partial charge in [0.25, 0.3) is 11.1 Å². The van der Waals surface area contributed by atoms with Gasteiger partial charge in [-0.1, -0.05) is 30.0 Å². The van der Waals surface area contributed by atoms with Crippen LogP contribution in [0.3, 0.4) is 0 Å². The molecule has 29 heavy (non-hydrogen) atoms. The number of aromatic hydroxyl groups is 1. The Morgan fingerprint density at radius 2 is 1.76 bits per heavy atom. The van der Waals surface area contributed by atoms with E-state index in [0.29, 0.717) is 11.1 Å². The Labute approximate surface area is 167 Å². The lowest BCUT2D eigenvalue weighted by Gasteiger charge is -2.11. The fraction of sp³-hybridized carbons (Fsp3) is 0.211. The second-order valence-electron chi connectivity index (χ2n) is 6.32. The number of phenolic OH excluding ortho intramolecular Hbond substituents is 1. The van der Waals surface area contributed by atoms with Crippen LogP contribution in [0.4, 0.5) is 18.0 Å². The van der Waals surface area contributed by atoms with Crippen LogP contribution in [-0.2, 0) is 23.9 Å². The summed E-state index contributed by atoms with van der Waals surface area (Å²) in [5, 5.41) is 13.6. The smallest absolute Gasteiger partial charge is 0.416 e. The lowest BCUT2D eigenvalue weighted by atomic mass is 10.0. The van der Waals surface area contributed by atoms with E-state index < -0.39 is 34.0 Å². The third kappa shape index (κ3) is 5.08. The summed E-state index contributed by atoms with van der Waals surface area (Å²) < 4.78 is 37.8. The molecule has 3 amide bonds. The van der Waals surface area contributed by atoms with E-state index in [-0.39, 0.29) is 24.3 Å². The van der Waals surface area contributed by atoms with Crippen LogP contribution in [0.1, 0.15) is 27.0 Å². The van der Waals surface area contributed by atoms with Crippen LogP contribution in [0, 0.1) is 0 Å². The van der Waals surface area contributed by atoms with Gasteiger partial charge < -0.3 is 10.4 Å². The Hall–Kier alpha value is -3.01. The lowest BCUT2D eigenvalue weighted by molar-refractivity contribution is -0.137. The predicted molar refractivity (Wildman–Crippen MR) is 99.3 cm³/mol. The summed E-state index contributed by atoms with van der Waals surface area (Å²) in [7, 11) is 0. The van der Waals surface area contributed by atoms with Crippen molar-refractivity contribution >= 4 is 28.8 Å². The highest BCUT2D eigenvalue weighted by atomic mass is 32.2. The van der Waals surface area contributed by atoms with Gasteiger partial charge in [-0.3, -0.25) is 19.7 Å². The summed E-state index contributed by atoms with van der Waals surface area (Å²) in [5.74, 6) is -1.32. The zero-order valence-corrected chi connectivity index (χ0v) is 15.6. The van der Waals surface area contributed by atoms with E-state index in [1.54, 1.807) is 6.07 Å². The second kappa shape index (κ2) is 8.16. The number of phenols is 1. The maximum atomic E-state index is 12.6. The first kappa shape index (κ1) is 20.7. The Balaban J connectivity index is 1.66. The molecule has 0 aromatic heterocycles. The fourth-order valence-electron chi connectivity index (χ4n) is 2.72. The summed E-state index contributed by atoms with van der Waals surface area (Å²) in [6.45, 7) is -0.0317. The molecule has 1 heterocycles. The number of hydrogen-bond acceptors (Lipinski definition) is 5. The van der Waals surface area contributed by atoms with Gasteiger partial charge in [-0.15, -0.1) is 0 Å². The molecule has 0 saturated carbocycles. The van der Waals surface area contributed by atoms with Crippen molar-refractivity contribution in [1.82, 2.24) is 10.6 Å². The number of rotatable bonds is 5. The zero-order valence-electron chi connectivity index (χ0n) is 14.7. The summed E-state index contributed by atoms with van der Waals surface area (Å²) in [6, 6.07) is 8.61. The number of nitrogens with one attached hydrogen (secondary N) is 2. The summed E-state index contributed by atoms with van der Waals surface area (Å²) >= 11 is 0.855. The van der Waals surface area contributed by atoms with Crippen LogP contribution in [0.2, 0.25) is 0 Å². The molecule has 0 radical (unpaired) electrons. The number of carbonyl (C=O) groups is 3. The molecule has 0 aliphatic carbocycles. The van der Waals surface area contributed by atoms with Crippen molar-refractivity contribution < 1.29 is 32.7 Å². The van der Waals surface area contributed by atoms with Crippen molar-refractivity contribution in [3.05, 3.63) is 64.7 Å². The number of thioether (sulfide) groups is 1. The van der Waals surface area contributed by atoms with Gasteiger partial charge in [-0.2, -0.15) is 13.2 Å². The van der Waals surface area contributed by atoms with Crippen LogP contribution in [0.25, 0.3) is 0 Å². The topological polar surface area (TPSA) is 95.5 Å². The normalized spacial score (nSPS) is 16.6. The van der Waals surface area contributed by atoms with Crippen molar-refractivity contribution in [2.45, 2.75) is 24.4 Å². The number of imide groups is 1. The molecule has 1 unspecified atom stereocenters. The largest absolute Gasteiger partial charge is 0.507 e. The minimum Gasteiger partial charge on any atom is -0.507 e. The lowest BCUT2D eigenvalue weighted by Crippen LogP contribution is -2.26. The average molecular weight is 424 g/mol.